The van der Waals surface area contributed by atoms with Crippen molar-refractivity contribution in [2.75, 3.05) is 67.6 Å². The van der Waals surface area contributed by atoms with Gasteiger partial charge in [-0.25, -0.2) is 0 Å². The predicted molar refractivity (Wildman–Crippen MR) is 180 cm³/mol. The lowest BCUT2D eigenvalue weighted by Gasteiger charge is -2.29. The molecule has 2 rings (SSSR count). The number of carbonyl (C=O) groups excluding carboxylic acids is 3. The first-order chi connectivity index (χ1) is 20.0. The second-order valence-corrected chi connectivity index (χ2v) is 13.0. The van der Waals surface area contributed by atoms with Crippen LogP contribution >= 0.6 is 0 Å². The van der Waals surface area contributed by atoms with Crippen molar-refractivity contribution in [3.63, 3.8) is 0 Å². The van der Waals surface area contributed by atoms with Crippen LogP contribution in [0.2, 0.25) is 0 Å². The molecule has 0 aromatic rings. The highest BCUT2D eigenvalue weighted by Gasteiger charge is 2.19. The molecule has 0 aromatic carbocycles. The lowest BCUT2D eigenvalue weighted by atomic mass is 10.0. The van der Waals surface area contributed by atoms with Gasteiger partial charge in [0.05, 0.1) is 0 Å². The minimum atomic E-state index is 0.0946. The van der Waals surface area contributed by atoms with E-state index in [9.17, 15) is 14.4 Å². The van der Waals surface area contributed by atoms with E-state index < -0.39 is 0 Å². The molecule has 2 aliphatic heterocycles. The Balaban J connectivity index is 0. The Labute approximate surface area is 264 Å². The van der Waals surface area contributed by atoms with E-state index in [0.717, 1.165) is 70.8 Å². The zero-order valence-electron chi connectivity index (χ0n) is 29.8. The Morgan fingerprint density at radius 3 is 1.60 bits per heavy atom. The Morgan fingerprint density at radius 1 is 0.767 bits per heavy atom. The highest BCUT2D eigenvalue weighted by molar-refractivity contribution is 5.78. The second-order valence-electron chi connectivity index (χ2n) is 13.0. The van der Waals surface area contributed by atoms with Crippen LogP contribution in [0.5, 0.6) is 0 Å². The molecule has 0 bridgehead atoms. The van der Waals surface area contributed by atoms with Crippen LogP contribution in [0.4, 0.5) is 0 Å². The van der Waals surface area contributed by atoms with Crippen molar-refractivity contribution in [1.29, 1.82) is 0 Å². The van der Waals surface area contributed by atoms with Gasteiger partial charge < -0.3 is 35.8 Å². The van der Waals surface area contributed by atoms with Gasteiger partial charge in [0, 0.05) is 68.9 Å². The Morgan fingerprint density at radius 2 is 1.23 bits per heavy atom. The fourth-order valence-electron chi connectivity index (χ4n) is 3.69. The van der Waals surface area contributed by atoms with Crippen molar-refractivity contribution in [2.45, 2.75) is 93.2 Å². The number of carbonyl (C=O) groups is 3. The molecule has 0 saturated carbocycles. The first kappa shape index (κ1) is 43.0. The summed E-state index contributed by atoms with van der Waals surface area (Å²) in [6.45, 7) is 25.3. The molecule has 2 saturated heterocycles. The van der Waals surface area contributed by atoms with Crippen LogP contribution in [0.1, 0.15) is 81.1 Å². The van der Waals surface area contributed by atoms with Crippen molar-refractivity contribution in [3.8, 4) is 0 Å². The van der Waals surface area contributed by atoms with Crippen LogP contribution < -0.4 is 21.3 Å². The normalized spacial score (nSPS) is 15.9. The number of ether oxygens (including phenoxy) is 1. The van der Waals surface area contributed by atoms with E-state index in [1.54, 1.807) is 7.05 Å². The van der Waals surface area contributed by atoms with E-state index in [2.05, 4.69) is 53.6 Å². The molecule has 0 spiro atoms. The summed E-state index contributed by atoms with van der Waals surface area (Å²) in [6, 6.07) is 1.000. The number of likely N-dealkylation sites (N-methyl/N-ethyl adjacent to an activating group) is 1. The van der Waals surface area contributed by atoms with Crippen molar-refractivity contribution in [3.05, 3.63) is 12.3 Å². The van der Waals surface area contributed by atoms with Crippen LogP contribution in [0.3, 0.4) is 0 Å². The molecule has 0 atom stereocenters. The molecule has 10 nitrogen and oxygen atoms in total. The smallest absolute Gasteiger partial charge is 0.222 e. The number of nitrogens with one attached hydrogen (secondary N) is 4. The monoisotopic (exact) mass is 613 g/mol. The van der Waals surface area contributed by atoms with E-state index in [-0.39, 0.29) is 35.5 Å². The Kier molecular flexibility index (Phi) is 25.2. The maximum absolute atomic E-state index is 11.4. The summed E-state index contributed by atoms with van der Waals surface area (Å²) in [5, 5.41) is 11.9. The van der Waals surface area contributed by atoms with Gasteiger partial charge in [-0.2, -0.15) is 0 Å². The summed E-state index contributed by atoms with van der Waals surface area (Å²) in [4.78, 5) is 37.1. The third kappa shape index (κ3) is 24.9. The highest BCUT2D eigenvalue weighted by atomic mass is 16.5. The fraction of sp³-hybridized carbons (Fsp3) is 0.848. The van der Waals surface area contributed by atoms with Crippen LogP contribution in [-0.4, -0.2) is 107 Å². The maximum atomic E-state index is 11.4. The Hall–Kier alpha value is -2.17. The minimum Gasteiger partial charge on any atom is -0.386 e. The summed E-state index contributed by atoms with van der Waals surface area (Å²) in [7, 11) is 7.74. The standard InChI is InChI=1S/C10H20N2O.C10H19NO.C8H18N2O.C5H11NO/c1-8(2)10(13)11-9-4-6-12(3)7-5-9;1-8(2)9(3)11-10-4-6-12-7-5-10;1-7(2)8(11)9-5-6-10(3)4;1-4(2)5(7)6-3/h8-9H,4-7H2,1-3H3,(H,11,13);8,10-11H,3-7H2,1-2H3;7H,5-6H2,1-4H3,(H,9,11);4H,1-3H3,(H,6,7). The van der Waals surface area contributed by atoms with E-state index >= 15 is 0 Å². The molecule has 10 heteroatoms. The van der Waals surface area contributed by atoms with Gasteiger partial charge in [0.25, 0.3) is 0 Å². The lowest BCUT2D eigenvalue weighted by Crippen LogP contribution is -2.44. The third-order valence-electron chi connectivity index (χ3n) is 7.05. The van der Waals surface area contributed by atoms with E-state index in [1.165, 1.54) is 0 Å². The number of nitrogens with zero attached hydrogens (tertiary/aromatic N) is 2. The highest BCUT2D eigenvalue weighted by Crippen LogP contribution is 2.11. The minimum absolute atomic E-state index is 0.0946. The van der Waals surface area contributed by atoms with Gasteiger partial charge in [0.15, 0.2) is 0 Å². The SMILES string of the molecule is C=C(NC1CCOCC1)C(C)C.CC(C)C(=O)NC1CCN(C)CC1.CC(C)C(=O)NCCN(C)C.CNC(=O)C(C)C. The van der Waals surface area contributed by atoms with Gasteiger partial charge in [-0.15, -0.1) is 0 Å². The first-order valence-corrected chi connectivity index (χ1v) is 16.2. The predicted octanol–water partition coefficient (Wildman–Crippen LogP) is 3.49. The molecule has 2 heterocycles. The molecular weight excluding hydrogens is 544 g/mol. The van der Waals surface area contributed by atoms with Gasteiger partial charge in [-0.3, -0.25) is 14.4 Å². The van der Waals surface area contributed by atoms with Gasteiger partial charge in [-0.05, 0) is 65.8 Å². The van der Waals surface area contributed by atoms with Gasteiger partial charge in [0.1, 0.15) is 0 Å². The first-order valence-electron chi connectivity index (χ1n) is 16.2. The van der Waals surface area contributed by atoms with Gasteiger partial charge in [0.2, 0.25) is 17.7 Å². The molecule has 254 valence electrons. The van der Waals surface area contributed by atoms with E-state index in [0.29, 0.717) is 18.0 Å². The van der Waals surface area contributed by atoms with Gasteiger partial charge in [-0.1, -0.05) is 62.0 Å². The fourth-order valence-corrected chi connectivity index (χ4v) is 3.69. The van der Waals surface area contributed by atoms with Crippen molar-refractivity contribution in [2.24, 2.45) is 23.7 Å². The van der Waals surface area contributed by atoms with Crippen LogP contribution in [-0.2, 0) is 19.1 Å². The second kappa shape index (κ2) is 25.2. The summed E-state index contributed by atoms with van der Waals surface area (Å²) >= 11 is 0. The zero-order valence-corrected chi connectivity index (χ0v) is 29.8. The molecule has 0 radical (unpaired) electrons. The molecule has 4 N–H and O–H groups in total. The average Bonchev–Trinajstić information content (AvgIpc) is 2.94. The number of amides is 3. The molecule has 0 aliphatic carbocycles. The molecular formula is C33H68N6O4. The average molecular weight is 613 g/mol. The largest absolute Gasteiger partial charge is 0.386 e. The molecule has 0 unspecified atom stereocenters. The van der Waals surface area contributed by atoms with Crippen LogP contribution in [0.25, 0.3) is 0 Å². The van der Waals surface area contributed by atoms with Crippen molar-refractivity contribution in [1.82, 2.24) is 31.1 Å². The molecule has 2 aliphatic rings. The number of hydrogen-bond donors (Lipinski definition) is 4. The summed E-state index contributed by atoms with van der Waals surface area (Å²) in [6.07, 6.45) is 4.42. The molecule has 2 fully saturated rings. The maximum Gasteiger partial charge on any atom is 0.222 e. The Bertz CT molecular complexity index is 756. The molecule has 0 aromatic heterocycles. The lowest BCUT2D eigenvalue weighted by molar-refractivity contribution is -0.125. The summed E-state index contributed by atoms with van der Waals surface area (Å²) < 4.78 is 5.27. The zero-order chi connectivity index (χ0) is 33.5. The van der Waals surface area contributed by atoms with Gasteiger partial charge >= 0.3 is 0 Å². The van der Waals surface area contributed by atoms with E-state index in [4.69, 9.17) is 4.74 Å². The van der Waals surface area contributed by atoms with Crippen LogP contribution in [0.15, 0.2) is 12.3 Å². The molecule has 3 amide bonds. The molecule has 43 heavy (non-hydrogen) atoms. The summed E-state index contributed by atoms with van der Waals surface area (Å²) in [5.74, 6) is 1.27. The topological polar surface area (TPSA) is 115 Å². The van der Waals surface area contributed by atoms with Crippen LogP contribution in [0, 0.1) is 23.7 Å². The number of likely N-dealkylation sites (tertiary alicyclic amines) is 1. The number of rotatable bonds is 10. The number of allylic oxidation sites excluding steroid dienone is 1. The quantitative estimate of drug-likeness (QED) is 0.299. The number of hydrogen-bond acceptors (Lipinski definition) is 7. The van der Waals surface area contributed by atoms with E-state index in [1.807, 2.05) is 60.5 Å². The number of piperidine rings is 1. The van der Waals surface area contributed by atoms with Crippen molar-refractivity contribution >= 4 is 17.7 Å². The van der Waals surface area contributed by atoms with Crippen molar-refractivity contribution < 1.29 is 19.1 Å². The third-order valence-corrected chi connectivity index (χ3v) is 7.05. The summed E-state index contributed by atoms with van der Waals surface area (Å²) in [5.41, 5.74) is 1.15.